The molecule has 7 nitrogen and oxygen atoms in total. The lowest BCUT2D eigenvalue weighted by atomic mass is 10.2. The highest BCUT2D eigenvalue weighted by Crippen LogP contribution is 2.26. The number of carbonyl (C=O) groups is 1. The Labute approximate surface area is 177 Å². The van der Waals surface area contributed by atoms with Gasteiger partial charge in [-0.2, -0.15) is 9.40 Å². The van der Waals surface area contributed by atoms with E-state index in [4.69, 9.17) is 11.6 Å². The van der Waals surface area contributed by atoms with Gasteiger partial charge in [0, 0.05) is 30.2 Å². The van der Waals surface area contributed by atoms with Crippen LogP contribution < -0.4 is 5.32 Å². The highest BCUT2D eigenvalue weighted by molar-refractivity contribution is 7.89. The number of aryl methyl sites for hydroxylation is 2. The van der Waals surface area contributed by atoms with E-state index in [2.05, 4.69) is 10.4 Å². The first-order valence-electron chi connectivity index (χ1n) is 9.81. The summed E-state index contributed by atoms with van der Waals surface area (Å²) in [6, 6.07) is 5.35. The number of piperidine rings is 1. The first-order valence-corrected chi connectivity index (χ1v) is 11.6. The van der Waals surface area contributed by atoms with Crippen molar-refractivity contribution in [3.8, 4) is 0 Å². The molecule has 1 aliphatic heterocycles. The number of sulfonamides is 1. The number of hydrogen-bond acceptors (Lipinski definition) is 4. The molecule has 2 aromatic rings. The van der Waals surface area contributed by atoms with Crippen molar-refractivity contribution >= 4 is 33.2 Å². The average Bonchev–Trinajstić information content (AvgIpc) is 2.98. The summed E-state index contributed by atoms with van der Waals surface area (Å²) in [6.45, 7) is 6.69. The van der Waals surface area contributed by atoms with Gasteiger partial charge in [-0.1, -0.05) is 24.1 Å². The summed E-state index contributed by atoms with van der Waals surface area (Å²) in [5.74, 6) is -0.177. The molecule has 0 atom stereocenters. The highest BCUT2D eigenvalue weighted by atomic mass is 35.5. The number of anilines is 1. The molecular formula is C20H27ClN4O3S. The number of halogens is 1. The molecule has 158 valence electrons. The third kappa shape index (κ3) is 4.65. The number of rotatable bonds is 6. The van der Waals surface area contributed by atoms with Crippen molar-refractivity contribution in [3.05, 3.63) is 40.2 Å². The summed E-state index contributed by atoms with van der Waals surface area (Å²) in [6.07, 6.45) is 3.00. The van der Waals surface area contributed by atoms with E-state index < -0.39 is 10.0 Å². The van der Waals surface area contributed by atoms with Gasteiger partial charge in [-0.25, -0.2) is 8.42 Å². The molecule has 0 unspecified atom stereocenters. The fourth-order valence-electron chi connectivity index (χ4n) is 3.67. The van der Waals surface area contributed by atoms with Gasteiger partial charge in [0.2, 0.25) is 15.9 Å². The van der Waals surface area contributed by atoms with Crippen LogP contribution in [-0.4, -0.2) is 41.5 Å². The lowest BCUT2D eigenvalue weighted by Gasteiger charge is -2.26. The van der Waals surface area contributed by atoms with E-state index in [1.807, 2.05) is 6.92 Å². The Morgan fingerprint density at radius 3 is 2.55 bits per heavy atom. The Morgan fingerprint density at radius 2 is 1.86 bits per heavy atom. The fraction of sp³-hybridized carbons (Fsp3) is 0.500. The number of nitrogens with zero attached hydrogens (tertiary/aromatic N) is 3. The second-order valence-corrected chi connectivity index (χ2v) is 9.68. The highest BCUT2D eigenvalue weighted by Gasteiger charge is 2.31. The Morgan fingerprint density at radius 1 is 1.17 bits per heavy atom. The van der Waals surface area contributed by atoms with Gasteiger partial charge >= 0.3 is 0 Å². The molecule has 9 heteroatoms. The predicted octanol–water partition coefficient (Wildman–Crippen LogP) is 3.67. The molecule has 3 rings (SSSR count). The molecule has 1 amide bonds. The van der Waals surface area contributed by atoms with Crippen molar-refractivity contribution in [3.63, 3.8) is 0 Å². The van der Waals surface area contributed by atoms with Crippen LogP contribution in [0.1, 0.15) is 42.6 Å². The van der Waals surface area contributed by atoms with Crippen LogP contribution in [0.25, 0.3) is 0 Å². The van der Waals surface area contributed by atoms with Gasteiger partial charge in [0.1, 0.15) is 4.90 Å². The van der Waals surface area contributed by atoms with Crippen LogP contribution in [0.5, 0.6) is 0 Å². The molecule has 1 fully saturated rings. The molecule has 1 N–H and O–H groups in total. The van der Waals surface area contributed by atoms with Crippen LogP contribution >= 0.6 is 11.6 Å². The van der Waals surface area contributed by atoms with Crippen molar-refractivity contribution in [1.29, 1.82) is 0 Å². The van der Waals surface area contributed by atoms with E-state index in [-0.39, 0.29) is 17.2 Å². The molecule has 1 aromatic carbocycles. The van der Waals surface area contributed by atoms with E-state index in [1.165, 1.54) is 0 Å². The molecule has 1 aromatic heterocycles. The number of benzene rings is 1. The molecule has 29 heavy (non-hydrogen) atoms. The number of amides is 1. The lowest BCUT2D eigenvalue weighted by molar-refractivity contribution is -0.116. The predicted molar refractivity (Wildman–Crippen MR) is 114 cm³/mol. The largest absolute Gasteiger partial charge is 0.326 e. The minimum absolute atomic E-state index is 0.177. The van der Waals surface area contributed by atoms with E-state index in [0.29, 0.717) is 41.7 Å². The van der Waals surface area contributed by atoms with Crippen LogP contribution in [0, 0.1) is 20.8 Å². The Kier molecular flexibility index (Phi) is 6.65. The molecular weight excluding hydrogens is 412 g/mol. The topological polar surface area (TPSA) is 84.3 Å². The minimum atomic E-state index is -3.57. The zero-order chi connectivity index (χ0) is 21.2. The van der Waals surface area contributed by atoms with Crippen molar-refractivity contribution in [2.45, 2.75) is 57.9 Å². The monoisotopic (exact) mass is 438 g/mol. The number of carbonyl (C=O) groups excluding carboxylic acids is 1. The number of hydrogen-bond donors (Lipinski definition) is 1. The van der Waals surface area contributed by atoms with Gasteiger partial charge < -0.3 is 5.32 Å². The number of aromatic nitrogens is 2. The molecule has 1 aliphatic rings. The van der Waals surface area contributed by atoms with Gasteiger partial charge in [0.15, 0.2) is 0 Å². The first kappa shape index (κ1) is 21.8. The average molecular weight is 439 g/mol. The zero-order valence-electron chi connectivity index (χ0n) is 17.0. The fourth-order valence-corrected chi connectivity index (χ4v) is 5.73. The molecule has 0 saturated carbocycles. The Hall–Kier alpha value is -1.90. The Bertz CT molecular complexity index is 1010. The van der Waals surface area contributed by atoms with Gasteiger partial charge in [-0.15, -0.1) is 0 Å². The van der Waals surface area contributed by atoms with E-state index >= 15 is 0 Å². The van der Waals surface area contributed by atoms with Crippen LogP contribution in [0.4, 0.5) is 5.69 Å². The molecule has 0 bridgehead atoms. The van der Waals surface area contributed by atoms with Crippen LogP contribution in [-0.2, 0) is 21.4 Å². The molecule has 0 aliphatic carbocycles. The van der Waals surface area contributed by atoms with Crippen molar-refractivity contribution in [2.75, 3.05) is 18.4 Å². The second-order valence-electron chi connectivity index (χ2n) is 7.40. The molecule has 0 spiro atoms. The summed E-state index contributed by atoms with van der Waals surface area (Å²) < 4.78 is 29.3. The maximum absolute atomic E-state index is 13.1. The molecule has 0 radical (unpaired) electrons. The zero-order valence-corrected chi connectivity index (χ0v) is 18.6. The van der Waals surface area contributed by atoms with Gasteiger partial charge in [-0.3, -0.25) is 9.48 Å². The normalized spacial score (nSPS) is 15.4. The maximum Gasteiger partial charge on any atom is 0.246 e. The van der Waals surface area contributed by atoms with Crippen LogP contribution in [0.2, 0.25) is 5.02 Å². The van der Waals surface area contributed by atoms with Crippen LogP contribution in [0.15, 0.2) is 23.1 Å². The van der Waals surface area contributed by atoms with E-state index in [1.54, 1.807) is 41.0 Å². The second kappa shape index (κ2) is 8.85. The van der Waals surface area contributed by atoms with Crippen molar-refractivity contribution < 1.29 is 13.2 Å². The summed E-state index contributed by atoms with van der Waals surface area (Å²) in [5.41, 5.74) is 2.52. The first-order chi connectivity index (χ1) is 13.7. The third-order valence-corrected chi connectivity index (χ3v) is 7.88. The molecule has 1 saturated heterocycles. The van der Waals surface area contributed by atoms with E-state index in [9.17, 15) is 13.2 Å². The van der Waals surface area contributed by atoms with Crippen molar-refractivity contribution in [1.82, 2.24) is 14.1 Å². The lowest BCUT2D eigenvalue weighted by Crippen LogP contribution is -2.36. The smallest absolute Gasteiger partial charge is 0.246 e. The summed E-state index contributed by atoms with van der Waals surface area (Å²) in [5, 5.41) is 7.84. The van der Waals surface area contributed by atoms with Crippen molar-refractivity contribution in [2.24, 2.45) is 0 Å². The minimum Gasteiger partial charge on any atom is -0.326 e. The van der Waals surface area contributed by atoms with Gasteiger partial charge in [-0.05, 0) is 51.3 Å². The summed E-state index contributed by atoms with van der Waals surface area (Å²) in [7, 11) is -3.57. The van der Waals surface area contributed by atoms with Gasteiger partial charge in [0.05, 0.1) is 17.9 Å². The third-order valence-electron chi connectivity index (χ3n) is 5.32. The SMILES string of the molecule is Cc1nn(CCC(=O)Nc2cccc(Cl)c2C)c(C)c1S(=O)(=O)N1CCCCC1. The molecule has 2 heterocycles. The maximum atomic E-state index is 13.1. The standard InChI is InChI=1S/C20H27ClN4O3S/c1-14-17(21)8-7-9-18(14)22-19(26)10-13-25-16(3)20(15(2)23-25)29(27,28)24-11-5-4-6-12-24/h7-9H,4-6,10-13H2,1-3H3,(H,22,26). The summed E-state index contributed by atoms with van der Waals surface area (Å²) >= 11 is 6.09. The number of nitrogens with one attached hydrogen (secondary N) is 1. The quantitative estimate of drug-likeness (QED) is 0.745. The van der Waals surface area contributed by atoms with E-state index in [0.717, 1.165) is 24.8 Å². The Balaban J connectivity index is 1.72. The summed E-state index contributed by atoms with van der Waals surface area (Å²) in [4.78, 5) is 12.6. The van der Waals surface area contributed by atoms with Gasteiger partial charge in [0.25, 0.3) is 0 Å². The van der Waals surface area contributed by atoms with Crippen LogP contribution in [0.3, 0.4) is 0 Å².